The molecule has 0 saturated heterocycles. The van der Waals surface area contributed by atoms with E-state index in [0.717, 1.165) is 6.92 Å². The highest BCUT2D eigenvalue weighted by Crippen LogP contribution is 2.13. The summed E-state index contributed by atoms with van der Waals surface area (Å²) in [6.45, 7) is 8.01. The van der Waals surface area contributed by atoms with E-state index in [1.54, 1.807) is 40.2 Å². The fourth-order valence-corrected chi connectivity index (χ4v) is 7.12. The molecule has 0 spiro atoms. The lowest BCUT2D eigenvalue weighted by Gasteiger charge is -2.30. The minimum Gasteiger partial charge on any atom is -0.481 e. The second kappa shape index (κ2) is 32.4. The van der Waals surface area contributed by atoms with Crippen LogP contribution in [-0.2, 0) is 47.9 Å². The average molecular weight is 1010 g/mol. The molecule has 0 bridgehead atoms. The molecule has 0 aliphatic rings. The van der Waals surface area contributed by atoms with Crippen LogP contribution in [0.15, 0.2) is 0 Å². The maximum absolute atomic E-state index is 13.8. The maximum atomic E-state index is 13.8. The SMILES string of the molecule is CC[C@H](C)[C@H](NC(=O)[C@@H](N)CCC(=O)O)C(=O)N[C@H](C(=O)N[C@@H](CCSC)C(=O)N[C@H](C(=O)N[C@@H](CS)C(=O)N[C@@H](CO)C(=O)N[C@@H](CCSC)C(=O)N[C@H](C(=O)O)[C@@H](C)O)[C@@H](C)O)C(C)C. The highest BCUT2D eigenvalue weighted by molar-refractivity contribution is 7.98. The number of nitrogens with two attached hydrogens (primary N) is 1. The summed E-state index contributed by atoms with van der Waals surface area (Å²) in [5.74, 6) is -10.9. The van der Waals surface area contributed by atoms with Gasteiger partial charge in [-0.05, 0) is 69.0 Å². The molecular formula is C40H71N9O15S3. The zero-order chi connectivity index (χ0) is 51.7. The number of aliphatic carboxylic acids is 2. The molecule has 0 unspecified atom stereocenters. The number of nitrogens with one attached hydrogen (secondary N) is 8. The van der Waals surface area contributed by atoms with Gasteiger partial charge in [0.25, 0.3) is 0 Å². The summed E-state index contributed by atoms with van der Waals surface area (Å²) >= 11 is 6.73. The molecule has 12 atom stereocenters. The molecule has 0 aliphatic heterocycles. The third-order valence-corrected chi connectivity index (χ3v) is 11.9. The van der Waals surface area contributed by atoms with Crippen molar-refractivity contribution >= 4 is 95.3 Å². The number of carbonyl (C=O) groups is 10. The van der Waals surface area contributed by atoms with Gasteiger partial charge in [-0.15, -0.1) is 0 Å². The first-order valence-electron chi connectivity index (χ1n) is 21.5. The molecule has 0 heterocycles. The van der Waals surface area contributed by atoms with Gasteiger partial charge in [0, 0.05) is 12.2 Å². The van der Waals surface area contributed by atoms with Crippen LogP contribution in [0.3, 0.4) is 0 Å². The van der Waals surface area contributed by atoms with Crippen LogP contribution in [0.4, 0.5) is 0 Å². The zero-order valence-corrected chi connectivity index (χ0v) is 41.6. The summed E-state index contributed by atoms with van der Waals surface area (Å²) in [4.78, 5) is 130. The Bertz CT molecular complexity index is 1680. The van der Waals surface area contributed by atoms with E-state index in [9.17, 15) is 68.4 Å². The van der Waals surface area contributed by atoms with Gasteiger partial charge in [-0.3, -0.25) is 43.2 Å². The van der Waals surface area contributed by atoms with Crippen LogP contribution in [-0.4, -0.2) is 188 Å². The van der Waals surface area contributed by atoms with Crippen LogP contribution < -0.4 is 48.3 Å². The number of thioether (sulfide) groups is 2. The summed E-state index contributed by atoms with van der Waals surface area (Å²) in [7, 11) is 0. The standard InChI is InChI=1S/C40H71N9O15S3/c1-9-19(4)29(47-32(55)22(41)10-11-27(53)54)38(61)46-28(18(2)3)37(60)43-24(13-15-67-8)33(56)48-30(20(5)51)39(62)45-26(17-65)36(59)44-25(16-50)35(58)42-23(12-14-66-7)34(57)49-31(21(6)52)40(63)64/h18-26,28-31,50-52,65H,9-17,41H2,1-8H3,(H,42,58)(H,43,60)(H,44,59)(H,45,62)(H,46,61)(H,47,55)(H,48,56)(H,49,57)(H,53,54)(H,63,64)/t19-,20+,21+,22-,23-,24-,25-,26-,28-,29-,30-,31-/m0/s1. The minimum atomic E-state index is -1.73. The molecule has 0 aromatic carbocycles. The Balaban J connectivity index is 6.16. The van der Waals surface area contributed by atoms with Crippen LogP contribution in [0.5, 0.6) is 0 Å². The Labute approximate surface area is 404 Å². The maximum Gasteiger partial charge on any atom is 0.328 e. The molecule has 67 heavy (non-hydrogen) atoms. The highest BCUT2D eigenvalue weighted by atomic mass is 32.2. The van der Waals surface area contributed by atoms with Gasteiger partial charge in [0.1, 0.15) is 42.3 Å². The van der Waals surface area contributed by atoms with Crippen molar-refractivity contribution in [3.8, 4) is 0 Å². The van der Waals surface area contributed by atoms with Gasteiger partial charge >= 0.3 is 11.9 Å². The van der Waals surface area contributed by atoms with Crippen molar-refractivity contribution in [1.29, 1.82) is 0 Å². The molecule has 0 aliphatic carbocycles. The van der Waals surface area contributed by atoms with Gasteiger partial charge in [0.05, 0.1) is 24.9 Å². The Morgan fingerprint density at radius 2 is 0.925 bits per heavy atom. The molecule has 0 rings (SSSR count). The number of aliphatic hydroxyl groups is 3. The fourth-order valence-electron chi connectivity index (χ4n) is 5.92. The first kappa shape index (κ1) is 62.6. The zero-order valence-electron chi connectivity index (χ0n) is 39.0. The van der Waals surface area contributed by atoms with Crippen LogP contribution in [0.1, 0.15) is 73.6 Å². The van der Waals surface area contributed by atoms with Crippen molar-refractivity contribution < 1.29 is 73.5 Å². The number of thiol groups is 1. The molecule has 0 aromatic rings. The van der Waals surface area contributed by atoms with Gasteiger partial charge in [-0.25, -0.2) is 4.79 Å². The Morgan fingerprint density at radius 3 is 1.34 bits per heavy atom. The van der Waals surface area contributed by atoms with Crippen molar-refractivity contribution in [3.63, 3.8) is 0 Å². The Hall–Kier alpha value is -4.41. The molecular weight excluding hydrogens is 943 g/mol. The van der Waals surface area contributed by atoms with Crippen LogP contribution >= 0.6 is 36.2 Å². The number of carboxylic acids is 2. The third-order valence-electron chi connectivity index (χ3n) is 10.3. The Kier molecular flexibility index (Phi) is 30.2. The molecule has 0 aromatic heterocycles. The van der Waals surface area contributed by atoms with Crippen LogP contribution in [0.25, 0.3) is 0 Å². The third kappa shape index (κ3) is 22.5. The van der Waals surface area contributed by atoms with E-state index >= 15 is 0 Å². The van der Waals surface area contributed by atoms with Gasteiger partial charge in [0.2, 0.25) is 47.3 Å². The predicted octanol–water partition coefficient (Wildman–Crippen LogP) is -3.97. The van der Waals surface area contributed by atoms with Crippen molar-refractivity contribution in [2.45, 2.75) is 140 Å². The Morgan fingerprint density at radius 1 is 0.537 bits per heavy atom. The molecule has 0 saturated carbocycles. The molecule has 15 N–H and O–H groups in total. The first-order chi connectivity index (χ1) is 31.3. The number of aliphatic hydroxyl groups excluding tert-OH is 3. The van der Waals surface area contributed by atoms with Crippen LogP contribution in [0, 0.1) is 11.8 Å². The summed E-state index contributed by atoms with van der Waals surface area (Å²) in [6, 6.07) is -13.0. The van der Waals surface area contributed by atoms with Gasteiger partial charge in [-0.2, -0.15) is 36.2 Å². The van der Waals surface area contributed by atoms with E-state index in [1.807, 2.05) is 0 Å². The molecule has 8 amide bonds. The number of amides is 8. The van der Waals surface area contributed by atoms with Crippen molar-refractivity contribution in [2.24, 2.45) is 17.6 Å². The second-order valence-corrected chi connectivity index (χ2v) is 18.4. The number of hydrogen-bond donors (Lipinski definition) is 15. The summed E-state index contributed by atoms with van der Waals surface area (Å²) in [5.41, 5.74) is 5.86. The van der Waals surface area contributed by atoms with Crippen molar-refractivity contribution in [3.05, 3.63) is 0 Å². The van der Waals surface area contributed by atoms with E-state index < -0.39 is 150 Å². The average Bonchev–Trinajstić information content (AvgIpc) is 3.26. The summed E-state index contributed by atoms with van der Waals surface area (Å²) in [6.07, 6.45) is 0.228. The lowest BCUT2D eigenvalue weighted by Crippen LogP contribution is -2.63. The largest absolute Gasteiger partial charge is 0.481 e. The normalized spacial score (nSPS) is 16.6. The van der Waals surface area contributed by atoms with E-state index in [0.29, 0.717) is 17.9 Å². The van der Waals surface area contributed by atoms with Crippen molar-refractivity contribution in [2.75, 3.05) is 36.4 Å². The monoisotopic (exact) mass is 1010 g/mol. The molecule has 24 nitrogen and oxygen atoms in total. The summed E-state index contributed by atoms with van der Waals surface area (Å²) in [5, 5.41) is 67.9. The summed E-state index contributed by atoms with van der Waals surface area (Å²) < 4.78 is 0. The topological polar surface area (TPSA) is 394 Å². The number of carboxylic acid groups (broad SMARTS) is 2. The minimum absolute atomic E-state index is 0.00892. The quantitative estimate of drug-likeness (QED) is 0.0279. The number of rotatable bonds is 33. The number of carbonyl (C=O) groups excluding carboxylic acids is 8. The molecule has 0 fully saturated rings. The molecule has 0 radical (unpaired) electrons. The molecule has 27 heteroatoms. The lowest BCUT2D eigenvalue weighted by molar-refractivity contribution is -0.145. The van der Waals surface area contributed by atoms with Gasteiger partial charge < -0.3 is 73.8 Å². The fraction of sp³-hybridized carbons (Fsp3) is 0.750. The van der Waals surface area contributed by atoms with Gasteiger partial charge in [0.15, 0.2) is 6.04 Å². The first-order valence-corrected chi connectivity index (χ1v) is 24.9. The van der Waals surface area contributed by atoms with E-state index in [-0.39, 0.29) is 25.7 Å². The smallest absolute Gasteiger partial charge is 0.328 e. The van der Waals surface area contributed by atoms with E-state index in [1.165, 1.54) is 30.4 Å². The number of hydrogen-bond acceptors (Lipinski definition) is 17. The van der Waals surface area contributed by atoms with Crippen LogP contribution in [0.2, 0.25) is 0 Å². The second-order valence-electron chi connectivity index (χ2n) is 16.1. The van der Waals surface area contributed by atoms with E-state index in [4.69, 9.17) is 10.8 Å². The highest BCUT2D eigenvalue weighted by Gasteiger charge is 2.37. The molecule has 384 valence electrons. The predicted molar refractivity (Wildman–Crippen MR) is 253 cm³/mol. The lowest BCUT2D eigenvalue weighted by atomic mass is 9.95. The van der Waals surface area contributed by atoms with E-state index in [2.05, 4.69) is 55.2 Å². The van der Waals surface area contributed by atoms with Crippen molar-refractivity contribution in [1.82, 2.24) is 42.5 Å². The van der Waals surface area contributed by atoms with Gasteiger partial charge in [-0.1, -0.05) is 34.1 Å².